The maximum Gasteiger partial charge on any atom is 0.123 e. The minimum Gasteiger partial charge on any atom is -0.304 e. The molecular weight excluding hydrogens is 193 g/mol. The Hall–Kier alpha value is -1.19. The maximum atomic E-state index is 12.8. The van der Waals surface area contributed by atoms with Crippen molar-refractivity contribution >= 4 is 0 Å². The van der Waals surface area contributed by atoms with Gasteiger partial charge in [0.1, 0.15) is 5.82 Å². The number of benzene rings is 1. The fourth-order valence-corrected chi connectivity index (χ4v) is 1.36. The van der Waals surface area contributed by atoms with Gasteiger partial charge in [-0.15, -0.1) is 0 Å². The molecule has 0 heterocycles. The number of halogens is 1. The van der Waals surface area contributed by atoms with Crippen LogP contribution in [0.4, 0.5) is 4.39 Å². The van der Waals surface area contributed by atoms with Crippen LogP contribution in [-0.2, 0) is 4.84 Å². The molecule has 3 heteroatoms. The van der Waals surface area contributed by atoms with E-state index >= 15 is 0 Å². The van der Waals surface area contributed by atoms with E-state index in [0.29, 0.717) is 0 Å². The van der Waals surface area contributed by atoms with Crippen LogP contribution >= 0.6 is 0 Å². The number of hydroxylamine groups is 1. The molecule has 0 saturated heterocycles. The molecule has 0 amide bonds. The van der Waals surface area contributed by atoms with Gasteiger partial charge in [-0.1, -0.05) is 23.8 Å². The smallest absolute Gasteiger partial charge is 0.123 e. The molecule has 1 aromatic rings. The molecule has 0 bridgehead atoms. The lowest BCUT2D eigenvalue weighted by Crippen LogP contribution is -2.21. The van der Waals surface area contributed by atoms with E-state index in [1.807, 2.05) is 19.9 Å². The van der Waals surface area contributed by atoms with Gasteiger partial charge in [-0.3, -0.25) is 0 Å². The summed E-state index contributed by atoms with van der Waals surface area (Å²) in [5.41, 5.74) is 4.99. The number of hydrogen-bond acceptors (Lipinski definition) is 2. The molecule has 0 aliphatic carbocycles. The molecule has 0 aliphatic heterocycles. The Balaban J connectivity index is 2.93. The average Bonchev–Trinajstić information content (AvgIpc) is 2.26. The first kappa shape index (κ1) is 11.9. The third kappa shape index (κ3) is 3.15. The molecule has 1 rings (SSSR count). The Kier molecular flexibility index (Phi) is 4.46. The van der Waals surface area contributed by atoms with Crippen LogP contribution in [0.25, 0.3) is 0 Å². The summed E-state index contributed by atoms with van der Waals surface area (Å²) < 4.78 is 12.8. The predicted octanol–water partition coefficient (Wildman–Crippen LogP) is 2.98. The summed E-state index contributed by atoms with van der Waals surface area (Å²) in [5, 5.41) is 0. The van der Waals surface area contributed by atoms with Crippen LogP contribution in [-0.4, -0.2) is 7.11 Å². The van der Waals surface area contributed by atoms with Crippen molar-refractivity contribution in [3.8, 4) is 0 Å². The summed E-state index contributed by atoms with van der Waals surface area (Å²) in [6, 6.07) is 6.36. The first-order chi connectivity index (χ1) is 7.19. The Bertz CT molecular complexity index is 332. The van der Waals surface area contributed by atoms with E-state index in [-0.39, 0.29) is 11.9 Å². The predicted molar refractivity (Wildman–Crippen MR) is 58.7 cm³/mol. The maximum absolute atomic E-state index is 12.8. The summed E-state index contributed by atoms with van der Waals surface area (Å²) in [5.74, 6) is -0.229. The number of hydrogen-bond donors (Lipinski definition) is 1. The van der Waals surface area contributed by atoms with Crippen LogP contribution in [0.3, 0.4) is 0 Å². The summed E-state index contributed by atoms with van der Waals surface area (Å²) in [4.78, 5) is 4.93. The van der Waals surface area contributed by atoms with Crippen LogP contribution in [0.15, 0.2) is 35.9 Å². The summed E-state index contributed by atoms with van der Waals surface area (Å²) in [6.07, 6.45) is 2.00. The number of nitrogens with one attached hydrogen (secondary N) is 1. The standard InChI is InChI=1S/C12H16FNO/c1-4-9(2)12(14-15-3)10-5-7-11(13)8-6-10/h4-8,12,14H,1-3H3/b9-4+/t12-/m1/s1. The van der Waals surface area contributed by atoms with Crippen molar-refractivity contribution in [3.63, 3.8) is 0 Å². The monoisotopic (exact) mass is 209 g/mol. The SMILES string of the molecule is C/C=C(\C)[C@@H](NOC)c1ccc(F)cc1. The van der Waals surface area contributed by atoms with Crippen molar-refractivity contribution in [3.05, 3.63) is 47.3 Å². The molecule has 0 fully saturated rings. The highest BCUT2D eigenvalue weighted by Crippen LogP contribution is 2.21. The molecule has 0 aromatic heterocycles. The van der Waals surface area contributed by atoms with Gasteiger partial charge in [-0.25, -0.2) is 4.39 Å². The van der Waals surface area contributed by atoms with Gasteiger partial charge in [0.05, 0.1) is 13.2 Å². The van der Waals surface area contributed by atoms with Crippen molar-refractivity contribution in [2.45, 2.75) is 19.9 Å². The second kappa shape index (κ2) is 5.63. The molecule has 2 nitrogen and oxygen atoms in total. The van der Waals surface area contributed by atoms with Gasteiger partial charge < -0.3 is 4.84 Å². The molecule has 15 heavy (non-hydrogen) atoms. The van der Waals surface area contributed by atoms with Gasteiger partial charge in [0.25, 0.3) is 0 Å². The summed E-state index contributed by atoms with van der Waals surface area (Å²) in [7, 11) is 1.57. The first-order valence-corrected chi connectivity index (χ1v) is 4.85. The highest BCUT2D eigenvalue weighted by molar-refractivity contribution is 5.27. The first-order valence-electron chi connectivity index (χ1n) is 4.85. The van der Waals surface area contributed by atoms with E-state index in [9.17, 15) is 4.39 Å². The summed E-state index contributed by atoms with van der Waals surface area (Å²) in [6.45, 7) is 3.96. The Labute approximate surface area is 89.7 Å². The van der Waals surface area contributed by atoms with Crippen LogP contribution in [0.2, 0.25) is 0 Å². The van der Waals surface area contributed by atoms with E-state index in [1.165, 1.54) is 12.1 Å². The third-order valence-corrected chi connectivity index (χ3v) is 2.35. The fraction of sp³-hybridized carbons (Fsp3) is 0.333. The molecule has 1 N–H and O–H groups in total. The molecule has 0 radical (unpaired) electrons. The molecule has 0 aliphatic rings. The molecule has 82 valence electrons. The molecule has 0 spiro atoms. The largest absolute Gasteiger partial charge is 0.304 e. The van der Waals surface area contributed by atoms with E-state index in [2.05, 4.69) is 5.48 Å². The van der Waals surface area contributed by atoms with E-state index in [0.717, 1.165) is 11.1 Å². The van der Waals surface area contributed by atoms with Crippen LogP contribution in [0.5, 0.6) is 0 Å². The minimum atomic E-state index is -0.229. The Morgan fingerprint density at radius 1 is 1.40 bits per heavy atom. The van der Waals surface area contributed by atoms with Crippen LogP contribution in [0.1, 0.15) is 25.5 Å². The van der Waals surface area contributed by atoms with E-state index in [4.69, 9.17) is 4.84 Å². The molecule has 0 saturated carbocycles. The van der Waals surface area contributed by atoms with Gasteiger partial charge in [0.15, 0.2) is 0 Å². The summed E-state index contributed by atoms with van der Waals surface area (Å²) >= 11 is 0. The second-order valence-electron chi connectivity index (χ2n) is 3.34. The van der Waals surface area contributed by atoms with Crippen LogP contribution in [0, 0.1) is 5.82 Å². The fourth-order valence-electron chi connectivity index (χ4n) is 1.36. The second-order valence-corrected chi connectivity index (χ2v) is 3.34. The van der Waals surface area contributed by atoms with Gasteiger partial charge in [0, 0.05) is 0 Å². The normalized spacial score (nSPS) is 14.0. The molecule has 1 atom stereocenters. The highest BCUT2D eigenvalue weighted by atomic mass is 19.1. The van der Waals surface area contributed by atoms with Crippen molar-refractivity contribution < 1.29 is 9.23 Å². The quantitative estimate of drug-likeness (QED) is 0.608. The zero-order valence-electron chi connectivity index (χ0n) is 9.25. The van der Waals surface area contributed by atoms with Crippen molar-refractivity contribution in [2.75, 3.05) is 7.11 Å². The van der Waals surface area contributed by atoms with Crippen molar-refractivity contribution in [1.82, 2.24) is 5.48 Å². The zero-order valence-corrected chi connectivity index (χ0v) is 9.25. The third-order valence-electron chi connectivity index (χ3n) is 2.35. The van der Waals surface area contributed by atoms with E-state index in [1.54, 1.807) is 19.2 Å². The molecular formula is C12H16FNO. The number of rotatable bonds is 4. The van der Waals surface area contributed by atoms with Gasteiger partial charge >= 0.3 is 0 Å². The lowest BCUT2D eigenvalue weighted by atomic mass is 10.0. The number of allylic oxidation sites excluding steroid dienone is 1. The lowest BCUT2D eigenvalue weighted by Gasteiger charge is -2.18. The molecule has 1 aromatic carbocycles. The van der Waals surface area contributed by atoms with Gasteiger partial charge in [-0.2, -0.15) is 5.48 Å². The Morgan fingerprint density at radius 2 is 2.00 bits per heavy atom. The van der Waals surface area contributed by atoms with Gasteiger partial charge in [0.2, 0.25) is 0 Å². The minimum absolute atomic E-state index is 0.0272. The molecule has 0 unspecified atom stereocenters. The Morgan fingerprint density at radius 3 is 2.47 bits per heavy atom. The van der Waals surface area contributed by atoms with Gasteiger partial charge in [-0.05, 0) is 31.5 Å². The topological polar surface area (TPSA) is 21.3 Å². The average molecular weight is 209 g/mol. The van der Waals surface area contributed by atoms with Crippen LogP contribution < -0.4 is 5.48 Å². The lowest BCUT2D eigenvalue weighted by molar-refractivity contribution is 0.0705. The zero-order chi connectivity index (χ0) is 11.3. The van der Waals surface area contributed by atoms with Crippen molar-refractivity contribution in [2.24, 2.45) is 0 Å². The van der Waals surface area contributed by atoms with Crippen molar-refractivity contribution in [1.29, 1.82) is 0 Å². The highest BCUT2D eigenvalue weighted by Gasteiger charge is 2.12. The van der Waals surface area contributed by atoms with E-state index < -0.39 is 0 Å².